The Hall–Kier alpha value is -1.19. The van der Waals surface area contributed by atoms with Gasteiger partial charge in [0, 0.05) is 11.5 Å². The van der Waals surface area contributed by atoms with Crippen LogP contribution in [-0.4, -0.2) is 11.1 Å². The molecule has 0 bridgehead atoms. The van der Waals surface area contributed by atoms with Gasteiger partial charge in [0.15, 0.2) is 5.58 Å². The number of carboxylic acid groups (broad SMARTS) is 1. The summed E-state index contributed by atoms with van der Waals surface area (Å²) in [6.07, 6.45) is 0. The summed E-state index contributed by atoms with van der Waals surface area (Å²) in [4.78, 5) is 10.6. The van der Waals surface area contributed by atoms with Crippen LogP contribution in [0.3, 0.4) is 0 Å². The second-order valence-electron chi connectivity index (χ2n) is 2.69. The highest BCUT2D eigenvalue weighted by Gasteiger charge is 2.14. The molecule has 0 aliphatic carbocycles. The molecule has 0 saturated heterocycles. The third-order valence-electron chi connectivity index (χ3n) is 1.79. The lowest BCUT2D eigenvalue weighted by Gasteiger charge is -1.93. The van der Waals surface area contributed by atoms with E-state index < -0.39 is 5.97 Å². The van der Waals surface area contributed by atoms with E-state index in [1.165, 1.54) is 6.07 Å². The molecule has 72 valence electrons. The van der Waals surface area contributed by atoms with Gasteiger partial charge in [0.1, 0.15) is 0 Å². The third-order valence-corrected chi connectivity index (χ3v) is 2.42. The molecule has 2 aromatic rings. The second kappa shape index (κ2) is 3.19. The average Bonchev–Trinajstić information content (AvgIpc) is 2.57. The molecule has 0 unspecified atom stereocenters. The van der Waals surface area contributed by atoms with E-state index in [1.54, 1.807) is 12.1 Å². The van der Waals surface area contributed by atoms with Gasteiger partial charge in [0.05, 0.1) is 10.0 Å². The number of aromatic carboxylic acids is 1. The zero-order chi connectivity index (χ0) is 10.3. The maximum absolute atomic E-state index is 10.6. The molecule has 1 aromatic heterocycles. The van der Waals surface area contributed by atoms with Crippen molar-refractivity contribution in [2.75, 3.05) is 0 Å². The van der Waals surface area contributed by atoms with Crippen molar-refractivity contribution in [2.24, 2.45) is 0 Å². The van der Waals surface area contributed by atoms with Crippen LogP contribution in [0.1, 0.15) is 10.6 Å². The normalized spacial score (nSPS) is 10.7. The highest BCUT2D eigenvalue weighted by molar-refractivity contribution is 6.39. The van der Waals surface area contributed by atoms with Crippen molar-refractivity contribution < 1.29 is 14.3 Å². The monoisotopic (exact) mass is 230 g/mol. The van der Waals surface area contributed by atoms with Crippen LogP contribution in [0, 0.1) is 0 Å². The van der Waals surface area contributed by atoms with Crippen LogP contribution in [0.2, 0.25) is 10.0 Å². The molecule has 0 saturated carbocycles. The zero-order valence-corrected chi connectivity index (χ0v) is 8.26. The molecular formula is C9H4Cl2O3. The molecule has 2 rings (SSSR count). The minimum absolute atomic E-state index is 0.171. The Morgan fingerprint density at radius 3 is 2.50 bits per heavy atom. The largest absolute Gasteiger partial charge is 0.475 e. The fourth-order valence-electron chi connectivity index (χ4n) is 1.16. The van der Waals surface area contributed by atoms with Crippen molar-refractivity contribution in [3.05, 3.63) is 34.0 Å². The van der Waals surface area contributed by atoms with Crippen LogP contribution in [-0.2, 0) is 0 Å². The van der Waals surface area contributed by atoms with Gasteiger partial charge in [-0.25, -0.2) is 4.79 Å². The summed E-state index contributed by atoms with van der Waals surface area (Å²) >= 11 is 11.6. The molecule has 14 heavy (non-hydrogen) atoms. The fraction of sp³-hybridized carbons (Fsp3) is 0. The molecule has 0 spiro atoms. The van der Waals surface area contributed by atoms with Gasteiger partial charge in [-0.05, 0) is 12.1 Å². The molecule has 1 aromatic carbocycles. The number of carboxylic acids is 1. The van der Waals surface area contributed by atoms with Crippen LogP contribution in [0.25, 0.3) is 11.0 Å². The Morgan fingerprint density at radius 1 is 1.29 bits per heavy atom. The highest BCUT2D eigenvalue weighted by atomic mass is 35.5. The van der Waals surface area contributed by atoms with Gasteiger partial charge in [-0.2, -0.15) is 0 Å². The average molecular weight is 231 g/mol. The molecule has 5 heteroatoms. The summed E-state index contributed by atoms with van der Waals surface area (Å²) in [7, 11) is 0. The van der Waals surface area contributed by atoms with E-state index in [-0.39, 0.29) is 5.76 Å². The molecule has 0 fully saturated rings. The minimum atomic E-state index is -1.15. The number of halogens is 2. The van der Waals surface area contributed by atoms with E-state index in [1.807, 2.05) is 0 Å². The van der Waals surface area contributed by atoms with E-state index in [9.17, 15) is 4.79 Å². The van der Waals surface area contributed by atoms with E-state index in [0.717, 1.165) is 0 Å². The van der Waals surface area contributed by atoms with Crippen LogP contribution in [0.15, 0.2) is 22.6 Å². The van der Waals surface area contributed by atoms with E-state index in [0.29, 0.717) is 21.0 Å². The summed E-state index contributed by atoms with van der Waals surface area (Å²) in [5, 5.41) is 9.96. The quantitative estimate of drug-likeness (QED) is 0.817. The predicted octanol–water partition coefficient (Wildman–Crippen LogP) is 3.44. The number of furan rings is 1. The standard InChI is InChI=1S/C9H4Cl2O3/c10-5-1-2-6(11)8-4(5)3-7(14-8)9(12)13/h1-3H,(H,12,13). The lowest BCUT2D eigenvalue weighted by atomic mass is 10.2. The lowest BCUT2D eigenvalue weighted by molar-refractivity contribution is 0.0665. The van der Waals surface area contributed by atoms with Crippen molar-refractivity contribution in [1.82, 2.24) is 0 Å². The summed E-state index contributed by atoms with van der Waals surface area (Å²) < 4.78 is 5.03. The van der Waals surface area contributed by atoms with Crippen LogP contribution >= 0.6 is 23.2 Å². The Kier molecular flexibility index (Phi) is 2.13. The first-order chi connectivity index (χ1) is 6.59. The van der Waals surface area contributed by atoms with Crippen molar-refractivity contribution in [3.8, 4) is 0 Å². The topological polar surface area (TPSA) is 50.4 Å². The minimum Gasteiger partial charge on any atom is -0.475 e. The molecule has 0 aliphatic heterocycles. The SMILES string of the molecule is O=C(O)c1cc2c(Cl)ccc(Cl)c2o1. The Labute approximate surface area is 88.8 Å². The molecule has 0 radical (unpaired) electrons. The number of benzene rings is 1. The smallest absolute Gasteiger partial charge is 0.371 e. The summed E-state index contributed by atoms with van der Waals surface area (Å²) in [5.41, 5.74) is 0.302. The highest BCUT2D eigenvalue weighted by Crippen LogP contribution is 2.32. The third kappa shape index (κ3) is 1.35. The summed E-state index contributed by atoms with van der Waals surface area (Å²) in [6, 6.07) is 4.50. The molecule has 0 atom stereocenters. The van der Waals surface area contributed by atoms with Crippen LogP contribution in [0.4, 0.5) is 0 Å². The van der Waals surface area contributed by atoms with Crippen molar-refractivity contribution >= 4 is 40.1 Å². The zero-order valence-electron chi connectivity index (χ0n) is 6.75. The Balaban J connectivity index is 2.82. The van der Waals surface area contributed by atoms with Gasteiger partial charge < -0.3 is 9.52 Å². The summed E-state index contributed by atoms with van der Waals surface area (Å²) in [6.45, 7) is 0. The van der Waals surface area contributed by atoms with Crippen molar-refractivity contribution in [1.29, 1.82) is 0 Å². The predicted molar refractivity (Wildman–Crippen MR) is 53.2 cm³/mol. The van der Waals surface area contributed by atoms with Crippen molar-refractivity contribution in [2.45, 2.75) is 0 Å². The number of rotatable bonds is 1. The maximum atomic E-state index is 10.6. The van der Waals surface area contributed by atoms with Gasteiger partial charge in [0.2, 0.25) is 5.76 Å². The first kappa shape index (κ1) is 9.37. The van der Waals surface area contributed by atoms with E-state index in [2.05, 4.69) is 0 Å². The lowest BCUT2D eigenvalue weighted by Crippen LogP contribution is -1.91. The van der Waals surface area contributed by atoms with Crippen molar-refractivity contribution in [3.63, 3.8) is 0 Å². The molecule has 1 N–H and O–H groups in total. The molecule has 0 aliphatic rings. The molecule has 3 nitrogen and oxygen atoms in total. The summed E-state index contributed by atoms with van der Waals surface area (Å²) in [5.74, 6) is -1.32. The Bertz CT molecular complexity index is 477. The molecular weight excluding hydrogens is 227 g/mol. The molecule has 1 heterocycles. The second-order valence-corrected chi connectivity index (χ2v) is 3.50. The Morgan fingerprint density at radius 2 is 1.93 bits per heavy atom. The van der Waals surface area contributed by atoms with Gasteiger partial charge in [-0.1, -0.05) is 23.2 Å². The van der Waals surface area contributed by atoms with E-state index in [4.69, 9.17) is 32.7 Å². The molecule has 0 amide bonds. The number of hydrogen-bond acceptors (Lipinski definition) is 2. The first-order valence-corrected chi connectivity index (χ1v) is 4.46. The fourth-order valence-corrected chi connectivity index (χ4v) is 1.57. The number of carbonyl (C=O) groups is 1. The maximum Gasteiger partial charge on any atom is 0.371 e. The van der Waals surface area contributed by atoms with E-state index >= 15 is 0 Å². The first-order valence-electron chi connectivity index (χ1n) is 3.70. The van der Waals surface area contributed by atoms with Crippen LogP contribution in [0.5, 0.6) is 0 Å². The van der Waals surface area contributed by atoms with Crippen LogP contribution < -0.4 is 0 Å². The van der Waals surface area contributed by atoms with Gasteiger partial charge in [-0.15, -0.1) is 0 Å². The van der Waals surface area contributed by atoms with Gasteiger partial charge in [0.25, 0.3) is 0 Å². The number of fused-ring (bicyclic) bond motifs is 1. The van der Waals surface area contributed by atoms with Gasteiger partial charge in [-0.3, -0.25) is 0 Å². The number of hydrogen-bond donors (Lipinski definition) is 1. The van der Waals surface area contributed by atoms with Gasteiger partial charge >= 0.3 is 5.97 Å².